The number of amides is 1. The van der Waals surface area contributed by atoms with Crippen LogP contribution in [0.25, 0.3) is 0 Å². The maximum Gasteiger partial charge on any atom is 0.286 e. The second-order valence-corrected chi connectivity index (χ2v) is 12.6. The van der Waals surface area contributed by atoms with Gasteiger partial charge >= 0.3 is 0 Å². The topological polar surface area (TPSA) is 145 Å². The Bertz CT molecular complexity index is 1790. The Hall–Kier alpha value is -4.30. The van der Waals surface area contributed by atoms with Gasteiger partial charge in [-0.05, 0) is 53.6 Å². The highest BCUT2D eigenvalue weighted by molar-refractivity contribution is 7.92. The minimum atomic E-state index is -4.43. The SMILES string of the molecule is CS(=O)(=O)Nc1ccc2c(c1)S(=O)(=O)N=C(C1=C(O)C[C@@H](c3ccc(F)cc3)N(Cc3ccc(F)cc3)C1=O)N2. The van der Waals surface area contributed by atoms with Crippen molar-refractivity contribution in [1.82, 2.24) is 4.90 Å². The number of fused-ring (bicyclic) bond motifs is 1. The van der Waals surface area contributed by atoms with Crippen LogP contribution in [0.5, 0.6) is 0 Å². The molecule has 2 aliphatic rings. The van der Waals surface area contributed by atoms with Gasteiger partial charge < -0.3 is 15.3 Å². The number of aliphatic hydroxyl groups excluding tert-OH is 1. The summed E-state index contributed by atoms with van der Waals surface area (Å²) in [6.45, 7) is -0.0327. The zero-order valence-electron chi connectivity index (χ0n) is 20.8. The van der Waals surface area contributed by atoms with Crippen LogP contribution in [0, 0.1) is 11.6 Å². The normalized spacial score (nSPS) is 18.6. The number of hydrogen-bond acceptors (Lipinski definition) is 7. The van der Waals surface area contributed by atoms with E-state index in [2.05, 4.69) is 14.4 Å². The van der Waals surface area contributed by atoms with Gasteiger partial charge in [-0.25, -0.2) is 17.2 Å². The van der Waals surface area contributed by atoms with Crippen molar-refractivity contribution >= 4 is 43.2 Å². The van der Waals surface area contributed by atoms with Crippen LogP contribution in [-0.2, 0) is 31.4 Å². The predicted octanol–water partition coefficient (Wildman–Crippen LogP) is 3.83. The summed E-state index contributed by atoms with van der Waals surface area (Å²) in [6.07, 6.45) is 0.773. The van der Waals surface area contributed by atoms with Crippen molar-refractivity contribution in [2.24, 2.45) is 4.40 Å². The van der Waals surface area contributed by atoms with Crippen LogP contribution in [0.2, 0.25) is 0 Å². The van der Waals surface area contributed by atoms with Gasteiger partial charge in [0.25, 0.3) is 15.9 Å². The van der Waals surface area contributed by atoms with E-state index < -0.39 is 55.2 Å². The summed E-state index contributed by atoms with van der Waals surface area (Å²) in [5.41, 5.74) is 0.708. The molecule has 3 aromatic carbocycles. The van der Waals surface area contributed by atoms with E-state index in [0.29, 0.717) is 11.1 Å². The Morgan fingerprint density at radius 1 is 1.05 bits per heavy atom. The number of nitrogens with zero attached hydrogens (tertiary/aromatic N) is 2. The van der Waals surface area contributed by atoms with Crippen molar-refractivity contribution in [3.63, 3.8) is 0 Å². The third-order valence-corrected chi connectivity index (χ3v) is 8.23. The van der Waals surface area contributed by atoms with Crippen molar-refractivity contribution in [2.45, 2.75) is 23.9 Å². The number of halogens is 2. The van der Waals surface area contributed by atoms with Crippen LogP contribution in [0.4, 0.5) is 20.2 Å². The summed E-state index contributed by atoms with van der Waals surface area (Å²) in [6, 6.07) is 13.8. The molecular weight excluding hydrogens is 566 g/mol. The van der Waals surface area contributed by atoms with E-state index >= 15 is 0 Å². The number of nitrogens with one attached hydrogen (secondary N) is 2. The first-order chi connectivity index (χ1) is 18.8. The molecule has 0 saturated heterocycles. The lowest BCUT2D eigenvalue weighted by molar-refractivity contribution is -0.131. The average Bonchev–Trinajstić information content (AvgIpc) is 2.86. The number of hydrogen-bond donors (Lipinski definition) is 3. The average molecular weight is 589 g/mol. The summed E-state index contributed by atoms with van der Waals surface area (Å²) in [5, 5.41) is 13.8. The minimum absolute atomic E-state index is 0.00584. The molecular formula is C26H22F2N4O6S2. The van der Waals surface area contributed by atoms with Crippen LogP contribution in [0.15, 0.2) is 87.4 Å². The van der Waals surface area contributed by atoms with Gasteiger partial charge in [0.2, 0.25) is 10.0 Å². The first kappa shape index (κ1) is 27.3. The molecule has 0 bridgehead atoms. The van der Waals surface area contributed by atoms with Crippen molar-refractivity contribution in [3.8, 4) is 0 Å². The molecule has 2 heterocycles. The Kier molecular flexibility index (Phi) is 6.84. The monoisotopic (exact) mass is 588 g/mol. The van der Waals surface area contributed by atoms with E-state index in [1.807, 2.05) is 0 Å². The van der Waals surface area contributed by atoms with Crippen LogP contribution in [0.3, 0.4) is 0 Å². The molecule has 208 valence electrons. The zero-order valence-corrected chi connectivity index (χ0v) is 22.4. The fraction of sp³-hybridized carbons (Fsp3) is 0.154. The number of benzene rings is 3. The highest BCUT2D eigenvalue weighted by Crippen LogP contribution is 2.38. The third kappa shape index (κ3) is 5.53. The van der Waals surface area contributed by atoms with Gasteiger partial charge in [0.1, 0.15) is 27.9 Å². The summed E-state index contributed by atoms with van der Waals surface area (Å²) in [7, 11) is -8.11. The number of anilines is 2. The molecule has 5 rings (SSSR count). The number of amidine groups is 1. The van der Waals surface area contributed by atoms with Gasteiger partial charge in [0.15, 0.2) is 5.84 Å². The number of aliphatic hydroxyl groups is 1. The zero-order chi connectivity index (χ0) is 28.8. The summed E-state index contributed by atoms with van der Waals surface area (Å²) >= 11 is 0. The molecule has 1 atom stereocenters. The summed E-state index contributed by atoms with van der Waals surface area (Å²) in [4.78, 5) is 14.9. The van der Waals surface area contributed by atoms with Crippen LogP contribution >= 0.6 is 0 Å². The third-order valence-electron chi connectivity index (χ3n) is 6.31. The van der Waals surface area contributed by atoms with Crippen LogP contribution in [-0.4, -0.2) is 44.8 Å². The molecule has 0 radical (unpaired) electrons. The molecule has 40 heavy (non-hydrogen) atoms. The van der Waals surface area contributed by atoms with Crippen LogP contribution < -0.4 is 10.0 Å². The Morgan fingerprint density at radius 2 is 1.68 bits per heavy atom. The standard InChI is InChI=1S/C26H22F2N4O6S2/c1-39(35,36)30-19-10-11-20-23(12-19)40(37,38)31-25(29-20)24-22(33)13-21(16-4-8-18(28)9-5-16)32(26(24)34)14-15-2-6-17(27)7-3-15/h2-12,21,30,33H,13-14H2,1H3,(H,29,31)/t21-/m0/s1. The molecule has 10 nitrogen and oxygen atoms in total. The van der Waals surface area contributed by atoms with Gasteiger partial charge in [-0.15, -0.1) is 4.40 Å². The Balaban J connectivity index is 1.55. The lowest BCUT2D eigenvalue weighted by Crippen LogP contribution is -2.43. The predicted molar refractivity (Wildman–Crippen MR) is 144 cm³/mol. The highest BCUT2D eigenvalue weighted by atomic mass is 32.2. The second kappa shape index (κ2) is 10.0. The Morgan fingerprint density at radius 3 is 2.30 bits per heavy atom. The van der Waals surface area contributed by atoms with E-state index in [9.17, 15) is 35.5 Å². The van der Waals surface area contributed by atoms with Gasteiger partial charge in [-0.3, -0.25) is 9.52 Å². The fourth-order valence-corrected chi connectivity index (χ4v) is 6.24. The van der Waals surface area contributed by atoms with Crippen molar-refractivity contribution < 1.29 is 35.5 Å². The van der Waals surface area contributed by atoms with E-state index in [4.69, 9.17) is 0 Å². The number of carbonyl (C=O) groups is 1. The van der Waals surface area contributed by atoms with Crippen LogP contribution in [0.1, 0.15) is 23.6 Å². The van der Waals surface area contributed by atoms with Crippen molar-refractivity contribution in [2.75, 3.05) is 16.3 Å². The van der Waals surface area contributed by atoms with E-state index in [1.54, 1.807) is 0 Å². The van der Waals surface area contributed by atoms with Crippen molar-refractivity contribution in [3.05, 3.63) is 101 Å². The van der Waals surface area contributed by atoms with Gasteiger partial charge in [-0.2, -0.15) is 8.42 Å². The molecule has 0 aromatic heterocycles. The molecule has 0 unspecified atom stereocenters. The first-order valence-electron chi connectivity index (χ1n) is 11.8. The molecule has 1 amide bonds. The number of sulfonamides is 2. The van der Waals surface area contributed by atoms with Gasteiger partial charge in [-0.1, -0.05) is 24.3 Å². The first-order valence-corrected chi connectivity index (χ1v) is 15.1. The maximum atomic E-state index is 13.9. The van der Waals surface area contributed by atoms with E-state index in [0.717, 1.165) is 12.3 Å². The molecule has 2 aliphatic heterocycles. The maximum absolute atomic E-state index is 13.9. The highest BCUT2D eigenvalue weighted by Gasteiger charge is 2.40. The Labute approximate surface area is 228 Å². The molecule has 3 aromatic rings. The lowest BCUT2D eigenvalue weighted by atomic mass is 9.92. The second-order valence-electron chi connectivity index (χ2n) is 9.28. The molecule has 0 aliphatic carbocycles. The summed E-state index contributed by atoms with van der Waals surface area (Å²) < 4.78 is 82.3. The number of carbonyl (C=O) groups excluding carboxylic acids is 1. The lowest BCUT2D eigenvalue weighted by Gasteiger charge is -2.37. The molecule has 0 spiro atoms. The van der Waals surface area contributed by atoms with E-state index in [1.165, 1.54) is 65.6 Å². The smallest absolute Gasteiger partial charge is 0.286 e. The molecule has 14 heteroatoms. The fourth-order valence-electron chi connectivity index (χ4n) is 4.54. The van der Waals surface area contributed by atoms with E-state index in [-0.39, 0.29) is 34.8 Å². The largest absolute Gasteiger partial charge is 0.511 e. The summed E-state index contributed by atoms with van der Waals surface area (Å²) in [5.74, 6) is -2.57. The molecule has 0 saturated carbocycles. The van der Waals surface area contributed by atoms with Gasteiger partial charge in [0.05, 0.1) is 18.0 Å². The molecule has 3 N–H and O–H groups in total. The minimum Gasteiger partial charge on any atom is -0.511 e. The van der Waals surface area contributed by atoms with Crippen molar-refractivity contribution in [1.29, 1.82) is 0 Å². The quantitative estimate of drug-likeness (QED) is 0.397. The number of rotatable bonds is 6. The van der Waals surface area contributed by atoms with Gasteiger partial charge in [0, 0.05) is 18.7 Å². The molecule has 0 fully saturated rings.